The monoisotopic (exact) mass is 213 g/mol. The summed E-state index contributed by atoms with van der Waals surface area (Å²) in [6.07, 6.45) is 4.85. The van der Waals surface area contributed by atoms with Crippen LogP contribution in [0.2, 0.25) is 0 Å². The molecule has 2 heterocycles. The maximum atomic E-state index is 5.74. The summed E-state index contributed by atoms with van der Waals surface area (Å²) in [6.45, 7) is 7.18. The van der Waals surface area contributed by atoms with E-state index in [0.29, 0.717) is 0 Å². The Morgan fingerprint density at radius 3 is 2.73 bits per heavy atom. The van der Waals surface area contributed by atoms with Gasteiger partial charge in [-0.15, -0.1) is 0 Å². The molecule has 0 bridgehead atoms. The zero-order valence-corrected chi connectivity index (χ0v) is 9.76. The molecule has 15 heavy (non-hydrogen) atoms. The maximum Gasteiger partial charge on any atom is 0.0779 e. The van der Waals surface area contributed by atoms with E-state index in [2.05, 4.69) is 12.2 Å². The molecular formula is C12H23NO2. The molecule has 1 atom stereocenters. The summed E-state index contributed by atoms with van der Waals surface area (Å²) >= 11 is 0. The minimum Gasteiger partial charge on any atom is -0.381 e. The van der Waals surface area contributed by atoms with E-state index in [1.807, 2.05) is 0 Å². The highest BCUT2D eigenvalue weighted by Crippen LogP contribution is 2.24. The van der Waals surface area contributed by atoms with Gasteiger partial charge in [0, 0.05) is 26.4 Å². The van der Waals surface area contributed by atoms with Gasteiger partial charge in [0.1, 0.15) is 0 Å². The molecule has 3 heteroatoms. The van der Waals surface area contributed by atoms with Crippen molar-refractivity contribution in [2.45, 2.75) is 38.2 Å². The summed E-state index contributed by atoms with van der Waals surface area (Å²) in [4.78, 5) is 0. The molecule has 0 aliphatic carbocycles. The van der Waals surface area contributed by atoms with Crippen LogP contribution < -0.4 is 5.32 Å². The standard InChI is InChI=1S/C12H23NO2/c1-12(5-2-6-15-12)10-13-9-11-3-7-14-8-4-11/h11,13H,2-10H2,1H3. The van der Waals surface area contributed by atoms with Crippen LogP contribution in [0.1, 0.15) is 32.6 Å². The van der Waals surface area contributed by atoms with E-state index in [0.717, 1.165) is 38.8 Å². The summed E-state index contributed by atoms with van der Waals surface area (Å²) in [5.74, 6) is 0.809. The summed E-state index contributed by atoms with van der Waals surface area (Å²) < 4.78 is 11.1. The van der Waals surface area contributed by atoms with Crippen molar-refractivity contribution in [2.24, 2.45) is 5.92 Å². The first kappa shape index (κ1) is 11.4. The van der Waals surface area contributed by atoms with Crippen LogP contribution in [0, 0.1) is 5.92 Å². The van der Waals surface area contributed by atoms with Gasteiger partial charge in [0.25, 0.3) is 0 Å². The van der Waals surface area contributed by atoms with E-state index in [-0.39, 0.29) is 5.60 Å². The molecular weight excluding hydrogens is 190 g/mol. The Kier molecular flexibility index (Phi) is 4.00. The Hall–Kier alpha value is -0.120. The molecule has 2 aliphatic rings. The van der Waals surface area contributed by atoms with Crippen molar-refractivity contribution in [1.82, 2.24) is 5.32 Å². The molecule has 0 aromatic carbocycles. The highest BCUT2D eigenvalue weighted by Gasteiger charge is 2.29. The van der Waals surface area contributed by atoms with Crippen LogP contribution in [0.5, 0.6) is 0 Å². The molecule has 88 valence electrons. The van der Waals surface area contributed by atoms with Gasteiger partial charge in [-0.2, -0.15) is 0 Å². The minimum atomic E-state index is 0.102. The third kappa shape index (κ3) is 3.44. The molecule has 2 fully saturated rings. The smallest absolute Gasteiger partial charge is 0.0779 e. The Bertz CT molecular complexity index is 184. The maximum absolute atomic E-state index is 5.74. The van der Waals surface area contributed by atoms with E-state index < -0.39 is 0 Å². The van der Waals surface area contributed by atoms with Crippen LogP contribution in [0.15, 0.2) is 0 Å². The van der Waals surface area contributed by atoms with E-state index >= 15 is 0 Å². The van der Waals surface area contributed by atoms with Crippen molar-refractivity contribution in [3.05, 3.63) is 0 Å². The molecule has 0 spiro atoms. The zero-order chi connectivity index (χ0) is 10.6. The Balaban J connectivity index is 1.61. The van der Waals surface area contributed by atoms with Gasteiger partial charge in [-0.1, -0.05) is 0 Å². The van der Waals surface area contributed by atoms with Crippen LogP contribution in [0.4, 0.5) is 0 Å². The average molecular weight is 213 g/mol. The van der Waals surface area contributed by atoms with Gasteiger partial charge in [0.15, 0.2) is 0 Å². The lowest BCUT2D eigenvalue weighted by Crippen LogP contribution is -2.39. The first-order valence-corrected chi connectivity index (χ1v) is 6.21. The molecule has 0 aromatic heterocycles. The molecule has 0 radical (unpaired) electrons. The molecule has 2 aliphatic heterocycles. The number of hydrogen-bond acceptors (Lipinski definition) is 3. The number of rotatable bonds is 4. The van der Waals surface area contributed by atoms with E-state index in [1.54, 1.807) is 0 Å². The highest BCUT2D eigenvalue weighted by molar-refractivity contribution is 4.82. The van der Waals surface area contributed by atoms with E-state index in [9.17, 15) is 0 Å². The molecule has 0 amide bonds. The number of ether oxygens (including phenoxy) is 2. The van der Waals surface area contributed by atoms with Crippen LogP contribution in [0.25, 0.3) is 0 Å². The quantitative estimate of drug-likeness (QED) is 0.769. The fraction of sp³-hybridized carbons (Fsp3) is 1.00. The van der Waals surface area contributed by atoms with Gasteiger partial charge in [-0.25, -0.2) is 0 Å². The molecule has 3 nitrogen and oxygen atoms in total. The van der Waals surface area contributed by atoms with Gasteiger partial charge in [0.2, 0.25) is 0 Å². The van der Waals surface area contributed by atoms with Gasteiger partial charge >= 0.3 is 0 Å². The number of hydrogen-bond donors (Lipinski definition) is 1. The lowest BCUT2D eigenvalue weighted by Gasteiger charge is -2.27. The van der Waals surface area contributed by atoms with Crippen molar-refractivity contribution in [3.63, 3.8) is 0 Å². The first-order valence-electron chi connectivity index (χ1n) is 6.21. The molecule has 1 unspecified atom stereocenters. The largest absolute Gasteiger partial charge is 0.381 e. The summed E-state index contributed by atoms with van der Waals surface area (Å²) in [6, 6.07) is 0. The van der Waals surface area contributed by atoms with Crippen LogP contribution >= 0.6 is 0 Å². The second-order valence-corrected chi connectivity index (χ2v) is 5.09. The molecule has 2 saturated heterocycles. The average Bonchev–Trinajstić information content (AvgIpc) is 2.67. The number of nitrogens with one attached hydrogen (secondary N) is 1. The van der Waals surface area contributed by atoms with E-state index in [4.69, 9.17) is 9.47 Å². The van der Waals surface area contributed by atoms with E-state index in [1.165, 1.54) is 25.7 Å². The highest BCUT2D eigenvalue weighted by atomic mass is 16.5. The van der Waals surface area contributed by atoms with Crippen LogP contribution in [0.3, 0.4) is 0 Å². The first-order chi connectivity index (χ1) is 7.29. The van der Waals surface area contributed by atoms with Crippen LogP contribution in [-0.2, 0) is 9.47 Å². The summed E-state index contributed by atoms with van der Waals surface area (Å²) in [5.41, 5.74) is 0.102. The van der Waals surface area contributed by atoms with Crippen molar-refractivity contribution in [1.29, 1.82) is 0 Å². The minimum absolute atomic E-state index is 0.102. The molecule has 0 saturated carbocycles. The second-order valence-electron chi connectivity index (χ2n) is 5.09. The van der Waals surface area contributed by atoms with Gasteiger partial charge in [-0.05, 0) is 45.1 Å². The lowest BCUT2D eigenvalue weighted by atomic mass is 9.99. The van der Waals surface area contributed by atoms with Gasteiger partial charge < -0.3 is 14.8 Å². The van der Waals surface area contributed by atoms with Gasteiger partial charge in [0.05, 0.1) is 5.60 Å². The molecule has 2 rings (SSSR count). The Labute approximate surface area is 92.5 Å². The summed E-state index contributed by atoms with van der Waals surface area (Å²) in [5, 5.41) is 3.56. The fourth-order valence-corrected chi connectivity index (χ4v) is 2.47. The lowest BCUT2D eigenvalue weighted by molar-refractivity contribution is 0.0177. The predicted molar refractivity (Wildman–Crippen MR) is 60.0 cm³/mol. The SMILES string of the molecule is CC1(CNCC2CCOCC2)CCCO1. The third-order valence-electron chi connectivity index (χ3n) is 3.57. The Morgan fingerprint density at radius 1 is 1.27 bits per heavy atom. The Morgan fingerprint density at radius 2 is 2.07 bits per heavy atom. The normalized spacial score (nSPS) is 33.4. The van der Waals surface area contributed by atoms with Crippen molar-refractivity contribution >= 4 is 0 Å². The topological polar surface area (TPSA) is 30.5 Å². The second kappa shape index (κ2) is 5.28. The van der Waals surface area contributed by atoms with Crippen LogP contribution in [-0.4, -0.2) is 38.5 Å². The van der Waals surface area contributed by atoms with Crippen molar-refractivity contribution in [2.75, 3.05) is 32.9 Å². The molecule has 0 aromatic rings. The fourth-order valence-electron chi connectivity index (χ4n) is 2.47. The molecule has 1 N–H and O–H groups in total. The zero-order valence-electron chi connectivity index (χ0n) is 9.76. The summed E-state index contributed by atoms with van der Waals surface area (Å²) in [7, 11) is 0. The van der Waals surface area contributed by atoms with Crippen molar-refractivity contribution in [3.8, 4) is 0 Å². The predicted octanol–water partition coefficient (Wildman–Crippen LogP) is 1.57. The van der Waals surface area contributed by atoms with Gasteiger partial charge in [-0.3, -0.25) is 0 Å². The van der Waals surface area contributed by atoms with Crippen molar-refractivity contribution < 1.29 is 9.47 Å². The third-order valence-corrected chi connectivity index (χ3v) is 3.57.